The summed E-state index contributed by atoms with van der Waals surface area (Å²) in [5.41, 5.74) is 7.70. The maximum absolute atomic E-state index is 8.67. The van der Waals surface area contributed by atoms with Crippen LogP contribution >= 0.6 is 11.6 Å². The summed E-state index contributed by atoms with van der Waals surface area (Å²) in [6.45, 7) is 4.07. The Morgan fingerprint density at radius 2 is 2.14 bits per heavy atom. The van der Waals surface area contributed by atoms with Gasteiger partial charge in [0.2, 0.25) is 0 Å². The zero-order valence-electron chi connectivity index (χ0n) is 12.5. The largest absolute Gasteiger partial charge is 0.409 e. The van der Waals surface area contributed by atoms with Crippen molar-refractivity contribution in [3.63, 3.8) is 0 Å². The Labute approximate surface area is 131 Å². The number of amidine groups is 1. The molecule has 0 atom stereocenters. The number of halogens is 1. The molecule has 4 nitrogen and oxygen atoms in total. The molecule has 5 heteroatoms. The maximum atomic E-state index is 8.67. The third-order valence-corrected chi connectivity index (χ3v) is 5.04. The predicted molar refractivity (Wildman–Crippen MR) is 86.9 cm³/mol. The molecule has 4 N–H and O–H groups in total. The molecule has 1 saturated carbocycles. The van der Waals surface area contributed by atoms with E-state index in [1.54, 1.807) is 6.07 Å². The number of hydrogen-bond donors (Lipinski definition) is 3. The molecule has 0 spiro atoms. The number of benzene rings is 1. The number of nitrogens with zero attached hydrogens (tertiary/aromatic N) is 1. The van der Waals surface area contributed by atoms with E-state index in [4.69, 9.17) is 22.5 Å². The highest BCUT2D eigenvalue weighted by Crippen LogP contribution is 2.40. The van der Waals surface area contributed by atoms with E-state index >= 15 is 0 Å². The monoisotopic (exact) mass is 309 g/mol. The van der Waals surface area contributed by atoms with Crippen LogP contribution in [0.15, 0.2) is 23.4 Å². The molecule has 1 fully saturated rings. The minimum Gasteiger partial charge on any atom is -0.409 e. The molecule has 1 aliphatic rings. The van der Waals surface area contributed by atoms with Crippen LogP contribution in [0.3, 0.4) is 0 Å². The van der Waals surface area contributed by atoms with Crippen molar-refractivity contribution in [2.45, 2.75) is 45.6 Å². The first-order chi connectivity index (χ1) is 10.1. The van der Waals surface area contributed by atoms with Gasteiger partial charge in [-0.1, -0.05) is 48.7 Å². The predicted octanol–water partition coefficient (Wildman–Crippen LogP) is 3.49. The van der Waals surface area contributed by atoms with Crippen molar-refractivity contribution >= 4 is 17.4 Å². The molecule has 0 bridgehead atoms. The summed E-state index contributed by atoms with van der Waals surface area (Å²) in [6.07, 6.45) is 6.59. The van der Waals surface area contributed by atoms with Crippen LogP contribution in [0.25, 0.3) is 0 Å². The Balaban J connectivity index is 1.94. The molecule has 21 heavy (non-hydrogen) atoms. The lowest BCUT2D eigenvalue weighted by atomic mass is 9.83. The van der Waals surface area contributed by atoms with Gasteiger partial charge in [0.05, 0.1) is 0 Å². The zero-order chi connectivity index (χ0) is 15.3. The molecule has 0 aromatic heterocycles. The minimum absolute atomic E-state index is 0.0762. The first kappa shape index (κ1) is 16.1. The molecule has 0 radical (unpaired) electrons. The number of nitrogens with two attached hydrogens (primary N) is 1. The molecule has 116 valence electrons. The average Bonchev–Trinajstić information content (AvgIpc) is 2.97. The Hall–Kier alpha value is -1.26. The molecule has 0 amide bonds. The summed E-state index contributed by atoms with van der Waals surface area (Å²) < 4.78 is 0. The fraction of sp³-hybridized carbons (Fsp3) is 0.562. The van der Waals surface area contributed by atoms with Gasteiger partial charge < -0.3 is 16.3 Å². The average molecular weight is 310 g/mol. The molecule has 2 rings (SSSR count). The molecule has 1 aromatic carbocycles. The first-order valence-electron chi connectivity index (χ1n) is 7.57. The molecule has 0 aliphatic heterocycles. The standard InChI is InChI=1S/C16H24ClN3O/c1-2-16(7-3-4-8-16)11-19-10-13-6-5-12(9-14(13)17)15(18)20-21/h5-6,9,19,21H,2-4,7-8,10-11H2,1H3,(H2,18,20). The van der Waals surface area contributed by atoms with E-state index < -0.39 is 0 Å². The fourth-order valence-corrected chi connectivity index (χ4v) is 3.40. The lowest BCUT2D eigenvalue weighted by molar-refractivity contribution is 0.268. The molecular weight excluding hydrogens is 286 g/mol. The van der Waals surface area contributed by atoms with Crippen molar-refractivity contribution in [3.05, 3.63) is 34.3 Å². The van der Waals surface area contributed by atoms with Crippen LogP contribution in [0.1, 0.15) is 50.2 Å². The van der Waals surface area contributed by atoms with Gasteiger partial charge in [-0.3, -0.25) is 0 Å². The maximum Gasteiger partial charge on any atom is 0.170 e. The second kappa shape index (κ2) is 7.14. The van der Waals surface area contributed by atoms with E-state index in [9.17, 15) is 0 Å². The van der Waals surface area contributed by atoms with Crippen molar-refractivity contribution in [1.29, 1.82) is 0 Å². The second-order valence-electron chi connectivity index (χ2n) is 5.96. The van der Waals surface area contributed by atoms with E-state index in [0.717, 1.165) is 18.7 Å². The van der Waals surface area contributed by atoms with Crippen LogP contribution in [0, 0.1) is 5.41 Å². The summed E-state index contributed by atoms with van der Waals surface area (Å²) >= 11 is 6.26. The van der Waals surface area contributed by atoms with Gasteiger partial charge in [-0.2, -0.15) is 0 Å². The highest BCUT2D eigenvalue weighted by Gasteiger charge is 2.31. The summed E-state index contributed by atoms with van der Waals surface area (Å²) in [7, 11) is 0. The lowest BCUT2D eigenvalue weighted by Crippen LogP contribution is -2.31. The topological polar surface area (TPSA) is 70.6 Å². The van der Waals surface area contributed by atoms with Crippen molar-refractivity contribution < 1.29 is 5.21 Å². The Morgan fingerprint density at radius 1 is 1.43 bits per heavy atom. The quantitative estimate of drug-likeness (QED) is 0.326. The minimum atomic E-state index is 0.0762. The van der Waals surface area contributed by atoms with Gasteiger partial charge in [0.25, 0.3) is 0 Å². The molecule has 1 aromatic rings. The molecule has 0 saturated heterocycles. The van der Waals surface area contributed by atoms with Crippen molar-refractivity contribution in [2.75, 3.05) is 6.54 Å². The smallest absolute Gasteiger partial charge is 0.170 e. The van der Waals surface area contributed by atoms with Crippen LogP contribution in [-0.4, -0.2) is 17.6 Å². The fourth-order valence-electron chi connectivity index (χ4n) is 3.15. The molecule has 1 aliphatic carbocycles. The van der Waals surface area contributed by atoms with E-state index in [2.05, 4.69) is 17.4 Å². The summed E-state index contributed by atoms with van der Waals surface area (Å²) in [4.78, 5) is 0. The Bertz CT molecular complexity index is 510. The molecule has 0 heterocycles. The van der Waals surface area contributed by atoms with Gasteiger partial charge in [0, 0.05) is 23.7 Å². The summed E-state index contributed by atoms with van der Waals surface area (Å²) in [5, 5.41) is 15.8. The zero-order valence-corrected chi connectivity index (χ0v) is 13.3. The van der Waals surface area contributed by atoms with Gasteiger partial charge in [0.1, 0.15) is 0 Å². The van der Waals surface area contributed by atoms with Crippen molar-refractivity contribution in [1.82, 2.24) is 5.32 Å². The van der Waals surface area contributed by atoms with E-state index in [1.165, 1.54) is 32.1 Å². The summed E-state index contributed by atoms with van der Waals surface area (Å²) in [6, 6.07) is 5.48. The lowest BCUT2D eigenvalue weighted by Gasteiger charge is -2.28. The number of rotatable bonds is 6. The van der Waals surface area contributed by atoms with E-state index in [1.807, 2.05) is 12.1 Å². The summed E-state index contributed by atoms with van der Waals surface area (Å²) in [5.74, 6) is 0.0762. The third-order valence-electron chi connectivity index (χ3n) is 4.69. The first-order valence-corrected chi connectivity index (χ1v) is 7.95. The van der Waals surface area contributed by atoms with Crippen LogP contribution in [0.2, 0.25) is 5.02 Å². The van der Waals surface area contributed by atoms with Crippen LogP contribution in [-0.2, 0) is 6.54 Å². The Kier molecular flexibility index (Phi) is 5.48. The highest BCUT2D eigenvalue weighted by atomic mass is 35.5. The van der Waals surface area contributed by atoms with Gasteiger partial charge >= 0.3 is 0 Å². The number of hydrogen-bond acceptors (Lipinski definition) is 3. The number of oxime groups is 1. The van der Waals surface area contributed by atoms with Gasteiger partial charge in [0.15, 0.2) is 5.84 Å². The SMILES string of the molecule is CCC1(CNCc2ccc(/C(N)=N/O)cc2Cl)CCCC1. The van der Waals surface area contributed by atoms with Crippen molar-refractivity contribution in [3.8, 4) is 0 Å². The van der Waals surface area contributed by atoms with Gasteiger partial charge in [-0.25, -0.2) is 0 Å². The Morgan fingerprint density at radius 3 is 2.71 bits per heavy atom. The number of nitrogens with one attached hydrogen (secondary N) is 1. The van der Waals surface area contributed by atoms with Crippen molar-refractivity contribution in [2.24, 2.45) is 16.3 Å². The normalized spacial score (nSPS) is 18.1. The highest BCUT2D eigenvalue weighted by molar-refractivity contribution is 6.31. The molecule has 0 unspecified atom stereocenters. The van der Waals surface area contributed by atoms with Gasteiger partial charge in [-0.05, 0) is 36.3 Å². The van der Waals surface area contributed by atoms with Gasteiger partial charge in [-0.15, -0.1) is 0 Å². The van der Waals surface area contributed by atoms with Crippen LogP contribution in [0.5, 0.6) is 0 Å². The third kappa shape index (κ3) is 3.89. The second-order valence-corrected chi connectivity index (χ2v) is 6.36. The van der Waals surface area contributed by atoms with E-state index in [-0.39, 0.29) is 5.84 Å². The van der Waals surface area contributed by atoms with E-state index in [0.29, 0.717) is 16.0 Å². The van der Waals surface area contributed by atoms with Crippen LogP contribution < -0.4 is 11.1 Å². The molecular formula is C16H24ClN3O. The van der Waals surface area contributed by atoms with Crippen LogP contribution in [0.4, 0.5) is 0 Å².